The summed E-state index contributed by atoms with van der Waals surface area (Å²) >= 11 is 5.98. The van der Waals surface area contributed by atoms with Gasteiger partial charge in [-0.25, -0.2) is 9.18 Å². The van der Waals surface area contributed by atoms with E-state index in [1.54, 1.807) is 30.3 Å². The first-order chi connectivity index (χ1) is 10.6. The molecule has 3 rings (SSSR count). The summed E-state index contributed by atoms with van der Waals surface area (Å²) in [5.74, 6) is -1.88. The summed E-state index contributed by atoms with van der Waals surface area (Å²) < 4.78 is 19.2. The maximum Gasteiger partial charge on any atom is 0.342 e. The highest BCUT2D eigenvalue weighted by Crippen LogP contribution is 2.36. The van der Waals surface area contributed by atoms with E-state index in [9.17, 15) is 14.3 Å². The largest absolute Gasteiger partial charge is 0.477 e. The number of carbonyl (C=O) groups is 1. The number of halogens is 2. The molecule has 0 aliphatic heterocycles. The van der Waals surface area contributed by atoms with Gasteiger partial charge < -0.3 is 9.63 Å². The van der Waals surface area contributed by atoms with Crippen LogP contribution in [0.4, 0.5) is 4.39 Å². The number of carboxylic acids is 1. The van der Waals surface area contributed by atoms with Gasteiger partial charge in [0.15, 0.2) is 5.76 Å². The summed E-state index contributed by atoms with van der Waals surface area (Å²) in [7, 11) is 0. The van der Waals surface area contributed by atoms with Crippen molar-refractivity contribution in [3.63, 3.8) is 0 Å². The minimum absolute atomic E-state index is 0.0578. The zero-order chi connectivity index (χ0) is 15.7. The van der Waals surface area contributed by atoms with Crippen molar-refractivity contribution in [2.24, 2.45) is 0 Å². The van der Waals surface area contributed by atoms with E-state index in [0.29, 0.717) is 5.56 Å². The van der Waals surface area contributed by atoms with Crippen molar-refractivity contribution in [3.05, 3.63) is 64.9 Å². The first-order valence-corrected chi connectivity index (χ1v) is 6.70. The Labute approximate surface area is 129 Å². The molecule has 1 N–H and O–H groups in total. The summed E-state index contributed by atoms with van der Waals surface area (Å²) in [5.41, 5.74) is 0.0891. The van der Waals surface area contributed by atoms with Crippen LogP contribution in [0.25, 0.3) is 22.6 Å². The molecule has 2 aromatic carbocycles. The Balaban J connectivity index is 2.27. The minimum Gasteiger partial charge on any atom is -0.477 e. The molecule has 1 aromatic heterocycles. The fraction of sp³-hybridized carbons (Fsp3) is 0. The third-order valence-corrected chi connectivity index (χ3v) is 3.46. The van der Waals surface area contributed by atoms with Crippen LogP contribution in [0.5, 0.6) is 0 Å². The van der Waals surface area contributed by atoms with Crippen LogP contribution in [0.1, 0.15) is 10.4 Å². The average Bonchev–Trinajstić information content (AvgIpc) is 2.93. The normalized spacial score (nSPS) is 10.6. The molecule has 22 heavy (non-hydrogen) atoms. The Hall–Kier alpha value is -2.66. The molecule has 0 spiro atoms. The monoisotopic (exact) mass is 317 g/mol. The van der Waals surface area contributed by atoms with Gasteiger partial charge in [-0.1, -0.05) is 53.2 Å². The molecule has 0 amide bonds. The van der Waals surface area contributed by atoms with E-state index in [1.165, 1.54) is 18.2 Å². The molecule has 6 heteroatoms. The van der Waals surface area contributed by atoms with Crippen molar-refractivity contribution in [3.8, 4) is 22.6 Å². The zero-order valence-corrected chi connectivity index (χ0v) is 11.8. The molecule has 0 saturated carbocycles. The topological polar surface area (TPSA) is 63.3 Å². The highest BCUT2D eigenvalue weighted by atomic mass is 35.5. The molecular formula is C16H9ClFNO3. The third kappa shape index (κ3) is 2.35. The van der Waals surface area contributed by atoms with Gasteiger partial charge in [0.25, 0.3) is 0 Å². The average molecular weight is 318 g/mol. The maximum absolute atomic E-state index is 14.0. The van der Waals surface area contributed by atoms with Crippen LogP contribution in [0.2, 0.25) is 5.02 Å². The van der Waals surface area contributed by atoms with E-state index in [0.717, 1.165) is 0 Å². The predicted molar refractivity (Wildman–Crippen MR) is 79.3 cm³/mol. The molecule has 0 aliphatic rings. The second-order valence-electron chi connectivity index (χ2n) is 4.50. The van der Waals surface area contributed by atoms with E-state index in [2.05, 4.69) is 5.16 Å². The molecular weight excluding hydrogens is 309 g/mol. The molecule has 0 aliphatic carbocycles. The van der Waals surface area contributed by atoms with Gasteiger partial charge in [-0.2, -0.15) is 0 Å². The molecule has 0 saturated heterocycles. The molecule has 0 atom stereocenters. The van der Waals surface area contributed by atoms with Crippen molar-refractivity contribution in [2.45, 2.75) is 0 Å². The predicted octanol–water partition coefficient (Wildman–Crippen LogP) is 4.50. The highest BCUT2D eigenvalue weighted by molar-refractivity contribution is 6.33. The Morgan fingerprint density at radius 3 is 2.50 bits per heavy atom. The lowest BCUT2D eigenvalue weighted by Crippen LogP contribution is -2.00. The molecule has 0 unspecified atom stereocenters. The summed E-state index contributed by atoms with van der Waals surface area (Å²) in [6.45, 7) is 0. The van der Waals surface area contributed by atoms with Crippen molar-refractivity contribution >= 4 is 17.6 Å². The van der Waals surface area contributed by atoms with Gasteiger partial charge in [0.05, 0.1) is 10.6 Å². The van der Waals surface area contributed by atoms with E-state index in [-0.39, 0.29) is 27.6 Å². The molecule has 1 heterocycles. The summed E-state index contributed by atoms with van der Waals surface area (Å²) in [6, 6.07) is 12.7. The Morgan fingerprint density at radius 1 is 1.14 bits per heavy atom. The zero-order valence-electron chi connectivity index (χ0n) is 11.1. The minimum atomic E-state index is -1.27. The number of rotatable bonds is 3. The first-order valence-electron chi connectivity index (χ1n) is 6.32. The van der Waals surface area contributed by atoms with Crippen LogP contribution < -0.4 is 0 Å². The van der Waals surface area contributed by atoms with E-state index < -0.39 is 11.8 Å². The lowest BCUT2D eigenvalue weighted by Gasteiger charge is -2.03. The molecule has 3 aromatic rings. The smallest absolute Gasteiger partial charge is 0.342 e. The Bertz CT molecular complexity index is 826. The second-order valence-corrected chi connectivity index (χ2v) is 4.91. The Kier molecular flexibility index (Phi) is 3.65. The van der Waals surface area contributed by atoms with Gasteiger partial charge in [0.1, 0.15) is 17.1 Å². The number of carboxylic acid groups (broad SMARTS) is 1. The SMILES string of the molecule is O=C(O)c1c(-c2c(F)cccc2Cl)noc1-c1ccccc1. The summed E-state index contributed by atoms with van der Waals surface area (Å²) in [4.78, 5) is 11.6. The molecule has 110 valence electrons. The fourth-order valence-electron chi connectivity index (χ4n) is 2.17. The number of benzene rings is 2. The van der Waals surface area contributed by atoms with Gasteiger partial charge in [0, 0.05) is 5.56 Å². The number of hydrogen-bond donors (Lipinski definition) is 1. The first kappa shape index (κ1) is 14.3. The highest BCUT2D eigenvalue weighted by Gasteiger charge is 2.27. The van der Waals surface area contributed by atoms with Crippen LogP contribution >= 0.6 is 11.6 Å². The van der Waals surface area contributed by atoms with Gasteiger partial charge >= 0.3 is 5.97 Å². The number of aromatic carboxylic acids is 1. The van der Waals surface area contributed by atoms with E-state index in [4.69, 9.17) is 16.1 Å². The summed E-state index contributed by atoms with van der Waals surface area (Å²) in [6.07, 6.45) is 0. The van der Waals surface area contributed by atoms with Gasteiger partial charge in [-0.15, -0.1) is 0 Å². The van der Waals surface area contributed by atoms with Gasteiger partial charge in [-0.3, -0.25) is 0 Å². The molecule has 0 bridgehead atoms. The fourth-order valence-corrected chi connectivity index (χ4v) is 2.42. The Morgan fingerprint density at radius 2 is 1.86 bits per heavy atom. The van der Waals surface area contributed by atoms with Crippen LogP contribution in [-0.4, -0.2) is 16.2 Å². The van der Waals surface area contributed by atoms with Crippen LogP contribution in [0.15, 0.2) is 53.1 Å². The molecule has 4 nitrogen and oxygen atoms in total. The van der Waals surface area contributed by atoms with Crippen molar-refractivity contribution < 1.29 is 18.8 Å². The second kappa shape index (κ2) is 5.61. The summed E-state index contributed by atoms with van der Waals surface area (Å²) in [5, 5.41) is 13.3. The number of nitrogens with zero attached hydrogens (tertiary/aromatic N) is 1. The third-order valence-electron chi connectivity index (χ3n) is 3.14. The lowest BCUT2D eigenvalue weighted by atomic mass is 10.0. The number of aromatic nitrogens is 1. The van der Waals surface area contributed by atoms with Crippen molar-refractivity contribution in [1.29, 1.82) is 0 Å². The maximum atomic E-state index is 14.0. The molecule has 0 radical (unpaired) electrons. The van der Waals surface area contributed by atoms with E-state index >= 15 is 0 Å². The number of hydrogen-bond acceptors (Lipinski definition) is 3. The quantitative estimate of drug-likeness (QED) is 0.772. The standard InChI is InChI=1S/C16H9ClFNO3/c17-10-7-4-8-11(18)12(10)14-13(16(20)21)15(22-19-14)9-5-2-1-3-6-9/h1-8H,(H,20,21). The van der Waals surface area contributed by atoms with Crippen molar-refractivity contribution in [1.82, 2.24) is 5.16 Å². The van der Waals surface area contributed by atoms with E-state index in [1.807, 2.05) is 0 Å². The molecule has 0 fully saturated rings. The lowest BCUT2D eigenvalue weighted by molar-refractivity contribution is 0.0698. The van der Waals surface area contributed by atoms with Crippen LogP contribution in [0.3, 0.4) is 0 Å². The van der Waals surface area contributed by atoms with Gasteiger partial charge in [0.2, 0.25) is 0 Å². The van der Waals surface area contributed by atoms with Crippen LogP contribution in [-0.2, 0) is 0 Å². The van der Waals surface area contributed by atoms with Crippen LogP contribution in [0, 0.1) is 5.82 Å². The van der Waals surface area contributed by atoms with Gasteiger partial charge in [-0.05, 0) is 12.1 Å². The van der Waals surface area contributed by atoms with Crippen molar-refractivity contribution in [2.75, 3.05) is 0 Å².